The monoisotopic (exact) mass is 335 g/mol. The van der Waals surface area contributed by atoms with Crippen molar-refractivity contribution in [1.29, 1.82) is 0 Å². The van der Waals surface area contributed by atoms with Crippen LogP contribution in [-0.2, 0) is 6.54 Å². The van der Waals surface area contributed by atoms with Gasteiger partial charge in [0.1, 0.15) is 12.7 Å². The van der Waals surface area contributed by atoms with Crippen LogP contribution < -0.4 is 10.6 Å². The number of nitrogens with zero attached hydrogens (tertiary/aromatic N) is 3. The Morgan fingerprint density at radius 2 is 2.30 bits per heavy atom. The van der Waals surface area contributed by atoms with Gasteiger partial charge < -0.3 is 10.6 Å². The van der Waals surface area contributed by atoms with Crippen LogP contribution in [0, 0.1) is 0 Å². The fourth-order valence-corrected chi connectivity index (χ4v) is 1.74. The summed E-state index contributed by atoms with van der Waals surface area (Å²) in [6.45, 7) is 4.63. The van der Waals surface area contributed by atoms with Gasteiger partial charge in [-0.15, -0.1) is 0 Å². The van der Waals surface area contributed by atoms with Crippen molar-refractivity contribution < 1.29 is 4.79 Å². The van der Waals surface area contributed by atoms with Gasteiger partial charge in [-0.3, -0.25) is 0 Å². The number of anilines is 1. The van der Waals surface area contributed by atoms with Crippen LogP contribution in [0.5, 0.6) is 0 Å². The molecule has 0 spiro atoms. The maximum absolute atomic E-state index is 11.6. The van der Waals surface area contributed by atoms with E-state index in [1.54, 1.807) is 11.0 Å². The van der Waals surface area contributed by atoms with Crippen molar-refractivity contribution in [1.82, 2.24) is 20.1 Å². The summed E-state index contributed by atoms with van der Waals surface area (Å²) in [5.74, 6) is 0. The number of rotatable bonds is 5. The molecule has 0 aliphatic rings. The first-order valence-corrected chi connectivity index (χ1v) is 6.72. The Hall–Kier alpha value is -2.15. The van der Waals surface area contributed by atoms with Crippen LogP contribution in [0.1, 0.15) is 5.56 Å². The second kappa shape index (κ2) is 6.85. The van der Waals surface area contributed by atoms with Crippen molar-refractivity contribution in [2.24, 2.45) is 0 Å². The van der Waals surface area contributed by atoms with E-state index < -0.39 is 0 Å². The molecule has 7 heteroatoms. The number of halogens is 1. The van der Waals surface area contributed by atoms with E-state index >= 15 is 0 Å². The maximum Gasteiger partial charge on any atom is 0.319 e. The van der Waals surface area contributed by atoms with Crippen molar-refractivity contribution in [3.05, 3.63) is 53.5 Å². The summed E-state index contributed by atoms with van der Waals surface area (Å²) in [5.41, 5.74) is 1.75. The summed E-state index contributed by atoms with van der Waals surface area (Å²) in [4.78, 5) is 15.5. The van der Waals surface area contributed by atoms with Crippen molar-refractivity contribution in [3.8, 4) is 0 Å². The summed E-state index contributed by atoms with van der Waals surface area (Å²) in [6.07, 6.45) is 3.14. The van der Waals surface area contributed by atoms with E-state index in [0.29, 0.717) is 17.6 Å². The zero-order chi connectivity index (χ0) is 14.4. The molecule has 2 N–H and O–H groups in total. The van der Waals surface area contributed by atoms with E-state index in [2.05, 4.69) is 43.2 Å². The molecule has 0 aliphatic carbocycles. The molecule has 1 aromatic heterocycles. The summed E-state index contributed by atoms with van der Waals surface area (Å²) >= 11 is 3.18. The molecule has 2 amide bonds. The van der Waals surface area contributed by atoms with Crippen molar-refractivity contribution in [3.63, 3.8) is 0 Å². The van der Waals surface area contributed by atoms with E-state index in [1.165, 1.54) is 6.33 Å². The molecule has 2 rings (SSSR count). The zero-order valence-corrected chi connectivity index (χ0v) is 12.3. The third-order valence-corrected chi connectivity index (χ3v) is 2.72. The van der Waals surface area contributed by atoms with Crippen LogP contribution in [0.2, 0.25) is 0 Å². The predicted molar refractivity (Wildman–Crippen MR) is 80.7 cm³/mol. The molecule has 0 atom stereocenters. The first kappa shape index (κ1) is 14.3. The van der Waals surface area contributed by atoms with Gasteiger partial charge in [-0.1, -0.05) is 34.6 Å². The quantitative estimate of drug-likeness (QED) is 0.880. The number of aromatic nitrogens is 3. The van der Waals surface area contributed by atoms with Gasteiger partial charge in [-0.25, -0.2) is 14.5 Å². The molecule has 20 heavy (non-hydrogen) atoms. The molecule has 0 radical (unpaired) electrons. The van der Waals surface area contributed by atoms with Gasteiger partial charge in [0.05, 0.1) is 13.1 Å². The Bertz CT molecular complexity index is 597. The van der Waals surface area contributed by atoms with E-state index in [1.807, 2.05) is 24.3 Å². The highest BCUT2D eigenvalue weighted by atomic mass is 79.9. The molecule has 1 heterocycles. The number of carbonyl (C=O) groups is 1. The number of hydrogen-bond acceptors (Lipinski definition) is 3. The normalized spacial score (nSPS) is 10.1. The fraction of sp³-hybridized carbons (Fsp3) is 0.154. The van der Waals surface area contributed by atoms with Gasteiger partial charge in [0.25, 0.3) is 0 Å². The molecule has 0 aliphatic heterocycles. The Morgan fingerprint density at radius 3 is 3.00 bits per heavy atom. The molecule has 0 saturated heterocycles. The molecule has 0 saturated carbocycles. The van der Waals surface area contributed by atoms with Gasteiger partial charge in [-0.2, -0.15) is 5.10 Å². The highest BCUT2D eigenvalue weighted by molar-refractivity contribution is 9.11. The topological polar surface area (TPSA) is 71.8 Å². The Labute approximate surface area is 125 Å². The Morgan fingerprint density at radius 1 is 1.45 bits per heavy atom. The highest BCUT2D eigenvalue weighted by Gasteiger charge is 2.03. The number of amides is 2. The smallest absolute Gasteiger partial charge is 0.319 e. The summed E-state index contributed by atoms with van der Waals surface area (Å²) < 4.78 is 2.43. The number of benzene rings is 1. The number of nitrogens with one attached hydrogen (secondary N) is 2. The van der Waals surface area contributed by atoms with Crippen molar-refractivity contribution >= 4 is 27.6 Å². The number of hydrogen-bond donors (Lipinski definition) is 2. The van der Waals surface area contributed by atoms with E-state index in [-0.39, 0.29) is 6.03 Å². The first-order valence-electron chi connectivity index (χ1n) is 5.93. The third kappa shape index (κ3) is 4.51. The van der Waals surface area contributed by atoms with Crippen LogP contribution in [-0.4, -0.2) is 27.3 Å². The minimum Gasteiger partial charge on any atom is -0.333 e. The van der Waals surface area contributed by atoms with Crippen LogP contribution in [0.25, 0.3) is 0 Å². The third-order valence-electron chi connectivity index (χ3n) is 2.44. The van der Waals surface area contributed by atoms with Gasteiger partial charge in [0.15, 0.2) is 0 Å². The average molecular weight is 336 g/mol. The first-order chi connectivity index (χ1) is 9.63. The molecular weight excluding hydrogens is 322 g/mol. The molecule has 1 aromatic carbocycles. The lowest BCUT2D eigenvalue weighted by Gasteiger charge is -2.08. The molecule has 0 bridgehead atoms. The summed E-state index contributed by atoms with van der Waals surface area (Å²) in [5, 5.41) is 9.47. The van der Waals surface area contributed by atoms with Crippen LogP contribution in [0.3, 0.4) is 0 Å². The largest absolute Gasteiger partial charge is 0.333 e. The van der Waals surface area contributed by atoms with Crippen LogP contribution in [0.4, 0.5) is 10.5 Å². The van der Waals surface area contributed by atoms with Gasteiger partial charge in [-0.05, 0) is 17.7 Å². The lowest BCUT2D eigenvalue weighted by molar-refractivity contribution is 0.253. The molecule has 2 aromatic rings. The highest BCUT2D eigenvalue weighted by Crippen LogP contribution is 2.11. The van der Waals surface area contributed by atoms with Crippen LogP contribution in [0.15, 0.2) is 48.0 Å². The number of carbonyl (C=O) groups excluding carboxylic acids is 1. The lowest BCUT2D eigenvalue weighted by atomic mass is 10.2. The maximum atomic E-state index is 11.6. The van der Waals surface area contributed by atoms with Crippen LogP contribution >= 0.6 is 15.9 Å². The second-order valence-electron chi connectivity index (χ2n) is 4.12. The zero-order valence-electron chi connectivity index (χ0n) is 10.7. The van der Waals surface area contributed by atoms with E-state index in [0.717, 1.165) is 11.3 Å². The molecular formula is C13H14BrN5O. The number of urea groups is 1. The molecule has 0 fully saturated rings. The SMILES string of the molecule is C=C(Br)CNC(=O)Nc1cccc(Cn2cncn2)c1. The molecule has 6 nitrogen and oxygen atoms in total. The lowest BCUT2D eigenvalue weighted by Crippen LogP contribution is -2.29. The minimum atomic E-state index is -0.275. The van der Waals surface area contributed by atoms with Gasteiger partial charge >= 0.3 is 6.03 Å². The summed E-state index contributed by atoms with van der Waals surface area (Å²) in [7, 11) is 0. The summed E-state index contributed by atoms with van der Waals surface area (Å²) in [6, 6.07) is 7.29. The van der Waals surface area contributed by atoms with Gasteiger partial charge in [0.2, 0.25) is 0 Å². The Kier molecular flexibility index (Phi) is 4.89. The Balaban J connectivity index is 1.95. The fourth-order valence-electron chi connectivity index (χ4n) is 1.60. The van der Waals surface area contributed by atoms with E-state index in [4.69, 9.17) is 0 Å². The van der Waals surface area contributed by atoms with Gasteiger partial charge in [0, 0.05) is 10.2 Å². The predicted octanol–water partition coefficient (Wildman–Crippen LogP) is 2.36. The van der Waals surface area contributed by atoms with E-state index in [9.17, 15) is 4.79 Å². The van der Waals surface area contributed by atoms with Crippen molar-refractivity contribution in [2.45, 2.75) is 6.54 Å². The molecule has 104 valence electrons. The standard InChI is InChI=1S/C13H14BrN5O/c1-10(14)6-16-13(20)18-12-4-2-3-11(5-12)7-19-9-15-8-17-19/h2-5,8-9H,1,6-7H2,(H2,16,18,20). The minimum absolute atomic E-state index is 0.275. The average Bonchev–Trinajstić information content (AvgIpc) is 2.89. The van der Waals surface area contributed by atoms with Crippen molar-refractivity contribution in [2.75, 3.05) is 11.9 Å². The molecule has 0 unspecified atom stereocenters. The second-order valence-corrected chi connectivity index (χ2v) is 5.24.